The number of halogens is 1. The second-order valence-electron chi connectivity index (χ2n) is 2.21. The first-order valence-corrected chi connectivity index (χ1v) is 2.89. The molecule has 1 heterocycles. The Bertz CT molecular complexity index is 223. The summed E-state index contributed by atoms with van der Waals surface area (Å²) in [5.74, 6) is 0.626. The molecule has 2 N–H and O–H groups in total. The second kappa shape index (κ2) is 3.42. The van der Waals surface area contributed by atoms with Crippen LogP contribution in [0.1, 0.15) is 11.1 Å². The van der Waals surface area contributed by atoms with Crippen molar-refractivity contribution in [3.63, 3.8) is 0 Å². The predicted octanol–water partition coefficient (Wildman–Crippen LogP) is 1.70. The van der Waals surface area contributed by atoms with Crippen molar-refractivity contribution in [1.29, 1.82) is 0 Å². The van der Waals surface area contributed by atoms with Crippen LogP contribution in [0.25, 0.3) is 0 Å². The van der Waals surface area contributed by atoms with Gasteiger partial charge in [-0.15, -0.1) is 12.4 Å². The Labute approximate surface area is 66.9 Å². The van der Waals surface area contributed by atoms with E-state index in [0.717, 1.165) is 11.1 Å². The SMILES string of the molecule is Cc1cnc(N)c(C)c1.Cl. The fourth-order valence-electron chi connectivity index (χ4n) is 0.726. The van der Waals surface area contributed by atoms with Crippen molar-refractivity contribution in [2.45, 2.75) is 13.8 Å². The van der Waals surface area contributed by atoms with Gasteiger partial charge < -0.3 is 5.73 Å². The zero-order chi connectivity index (χ0) is 6.85. The number of nitrogens with two attached hydrogens (primary N) is 1. The van der Waals surface area contributed by atoms with Crippen LogP contribution in [0.4, 0.5) is 5.82 Å². The smallest absolute Gasteiger partial charge is 0.126 e. The van der Waals surface area contributed by atoms with Gasteiger partial charge in [0.1, 0.15) is 5.82 Å². The van der Waals surface area contributed by atoms with E-state index >= 15 is 0 Å². The van der Waals surface area contributed by atoms with Gasteiger partial charge in [-0.2, -0.15) is 0 Å². The van der Waals surface area contributed by atoms with Gasteiger partial charge in [0.2, 0.25) is 0 Å². The zero-order valence-electron chi connectivity index (χ0n) is 6.09. The lowest BCUT2D eigenvalue weighted by Gasteiger charge is -1.97. The van der Waals surface area contributed by atoms with Crippen molar-refractivity contribution >= 4 is 18.2 Å². The van der Waals surface area contributed by atoms with E-state index in [-0.39, 0.29) is 12.4 Å². The van der Waals surface area contributed by atoms with Crippen molar-refractivity contribution < 1.29 is 0 Å². The zero-order valence-corrected chi connectivity index (χ0v) is 6.90. The third kappa shape index (κ3) is 1.88. The monoisotopic (exact) mass is 158 g/mol. The predicted molar refractivity (Wildman–Crippen MR) is 45.4 cm³/mol. The molecule has 1 rings (SSSR count). The van der Waals surface area contributed by atoms with Crippen LogP contribution in [-0.4, -0.2) is 4.98 Å². The highest BCUT2D eigenvalue weighted by Gasteiger charge is 1.91. The molecule has 1 aromatic rings. The molecule has 0 bridgehead atoms. The molecule has 0 saturated carbocycles. The van der Waals surface area contributed by atoms with E-state index in [1.165, 1.54) is 0 Å². The molecular formula is C7H11ClN2. The van der Waals surface area contributed by atoms with E-state index in [1.807, 2.05) is 19.9 Å². The largest absolute Gasteiger partial charge is 0.383 e. The summed E-state index contributed by atoms with van der Waals surface area (Å²) in [6.07, 6.45) is 1.77. The molecule has 0 amide bonds. The summed E-state index contributed by atoms with van der Waals surface area (Å²) in [4.78, 5) is 3.96. The first kappa shape index (κ1) is 9.24. The third-order valence-electron chi connectivity index (χ3n) is 1.26. The number of rotatable bonds is 0. The number of nitrogens with zero attached hydrogens (tertiary/aromatic N) is 1. The molecule has 0 spiro atoms. The molecule has 0 saturated heterocycles. The highest BCUT2D eigenvalue weighted by molar-refractivity contribution is 5.85. The maximum Gasteiger partial charge on any atom is 0.126 e. The fourth-order valence-corrected chi connectivity index (χ4v) is 0.726. The van der Waals surface area contributed by atoms with Gasteiger partial charge in [-0.1, -0.05) is 6.07 Å². The average molecular weight is 159 g/mol. The van der Waals surface area contributed by atoms with Crippen LogP contribution in [0.2, 0.25) is 0 Å². The molecule has 0 radical (unpaired) electrons. The van der Waals surface area contributed by atoms with Crippen LogP contribution < -0.4 is 5.73 Å². The summed E-state index contributed by atoms with van der Waals surface area (Å²) in [5, 5.41) is 0. The number of anilines is 1. The standard InChI is InChI=1S/C7H10N2.ClH/c1-5-3-6(2)7(8)9-4-5;/h3-4H,1-2H3,(H2,8,9);1H. The normalized spacial score (nSPS) is 8.60. The molecule has 0 aliphatic heterocycles. The summed E-state index contributed by atoms with van der Waals surface area (Å²) >= 11 is 0. The van der Waals surface area contributed by atoms with E-state index in [2.05, 4.69) is 4.98 Å². The topological polar surface area (TPSA) is 38.9 Å². The highest BCUT2D eigenvalue weighted by atomic mass is 35.5. The molecule has 1 aromatic heterocycles. The number of nitrogen functional groups attached to an aromatic ring is 1. The van der Waals surface area contributed by atoms with Gasteiger partial charge in [0.05, 0.1) is 0 Å². The van der Waals surface area contributed by atoms with Crippen molar-refractivity contribution in [3.8, 4) is 0 Å². The van der Waals surface area contributed by atoms with E-state index in [4.69, 9.17) is 5.73 Å². The Hall–Kier alpha value is -0.760. The van der Waals surface area contributed by atoms with Gasteiger partial charge >= 0.3 is 0 Å². The minimum Gasteiger partial charge on any atom is -0.383 e. The summed E-state index contributed by atoms with van der Waals surface area (Å²) < 4.78 is 0. The summed E-state index contributed by atoms with van der Waals surface area (Å²) in [6, 6.07) is 2.02. The lowest BCUT2D eigenvalue weighted by Crippen LogP contribution is -1.93. The van der Waals surface area contributed by atoms with E-state index in [0.29, 0.717) is 5.82 Å². The highest BCUT2D eigenvalue weighted by Crippen LogP contribution is 2.06. The minimum atomic E-state index is 0. The summed E-state index contributed by atoms with van der Waals surface area (Å²) in [7, 11) is 0. The summed E-state index contributed by atoms with van der Waals surface area (Å²) in [5.41, 5.74) is 7.68. The number of pyridine rings is 1. The quantitative estimate of drug-likeness (QED) is 0.624. The van der Waals surface area contributed by atoms with Crippen LogP contribution in [0.15, 0.2) is 12.3 Å². The molecule has 10 heavy (non-hydrogen) atoms. The van der Waals surface area contributed by atoms with Crippen molar-refractivity contribution in [2.75, 3.05) is 5.73 Å². The van der Waals surface area contributed by atoms with Crippen LogP contribution >= 0.6 is 12.4 Å². The second-order valence-corrected chi connectivity index (χ2v) is 2.21. The number of hydrogen-bond acceptors (Lipinski definition) is 2. The van der Waals surface area contributed by atoms with Crippen LogP contribution in [0.3, 0.4) is 0 Å². The van der Waals surface area contributed by atoms with E-state index < -0.39 is 0 Å². The Morgan fingerprint density at radius 1 is 1.40 bits per heavy atom. The molecule has 3 heteroatoms. The van der Waals surface area contributed by atoms with Gasteiger partial charge in [0, 0.05) is 6.20 Å². The van der Waals surface area contributed by atoms with Gasteiger partial charge in [-0.05, 0) is 25.0 Å². The molecule has 0 atom stereocenters. The number of hydrogen-bond donors (Lipinski definition) is 1. The lowest BCUT2D eigenvalue weighted by molar-refractivity contribution is 1.23. The maximum atomic E-state index is 5.48. The molecule has 0 fully saturated rings. The Kier molecular flexibility index (Phi) is 3.16. The first-order chi connectivity index (χ1) is 4.20. The minimum absolute atomic E-state index is 0. The summed E-state index contributed by atoms with van der Waals surface area (Å²) in [6.45, 7) is 3.95. The van der Waals surface area contributed by atoms with Crippen molar-refractivity contribution in [1.82, 2.24) is 4.98 Å². The van der Waals surface area contributed by atoms with Gasteiger partial charge in [-0.25, -0.2) is 4.98 Å². The Balaban J connectivity index is 0.000000810. The Morgan fingerprint density at radius 2 is 2.00 bits per heavy atom. The van der Waals surface area contributed by atoms with Gasteiger partial charge in [-0.3, -0.25) is 0 Å². The van der Waals surface area contributed by atoms with Gasteiger partial charge in [0.25, 0.3) is 0 Å². The molecule has 0 aliphatic rings. The molecular weight excluding hydrogens is 148 g/mol. The van der Waals surface area contributed by atoms with Crippen molar-refractivity contribution in [3.05, 3.63) is 23.4 Å². The van der Waals surface area contributed by atoms with Gasteiger partial charge in [0.15, 0.2) is 0 Å². The van der Waals surface area contributed by atoms with E-state index in [1.54, 1.807) is 6.20 Å². The fraction of sp³-hybridized carbons (Fsp3) is 0.286. The average Bonchev–Trinajstić information content (AvgIpc) is 1.80. The third-order valence-corrected chi connectivity index (χ3v) is 1.26. The van der Waals surface area contributed by atoms with Crippen LogP contribution in [0.5, 0.6) is 0 Å². The molecule has 0 aliphatic carbocycles. The molecule has 56 valence electrons. The molecule has 0 aromatic carbocycles. The maximum absolute atomic E-state index is 5.48. The van der Waals surface area contributed by atoms with E-state index in [9.17, 15) is 0 Å². The van der Waals surface area contributed by atoms with Crippen LogP contribution in [0, 0.1) is 13.8 Å². The van der Waals surface area contributed by atoms with Crippen molar-refractivity contribution in [2.24, 2.45) is 0 Å². The molecule has 0 unspecified atom stereocenters. The lowest BCUT2D eigenvalue weighted by atomic mass is 10.2. The molecule has 2 nitrogen and oxygen atoms in total. The van der Waals surface area contributed by atoms with Crippen LogP contribution in [-0.2, 0) is 0 Å². The Morgan fingerprint density at radius 3 is 2.40 bits per heavy atom. The number of aryl methyl sites for hydroxylation is 2. The number of aromatic nitrogens is 1. The first-order valence-electron chi connectivity index (χ1n) is 2.89.